The minimum absolute atomic E-state index is 0.0649. The summed E-state index contributed by atoms with van der Waals surface area (Å²) in [5.74, 6) is 0.554. The van der Waals surface area contributed by atoms with Crippen molar-refractivity contribution in [3.8, 4) is 0 Å². The summed E-state index contributed by atoms with van der Waals surface area (Å²) in [6.07, 6.45) is 3.11. The summed E-state index contributed by atoms with van der Waals surface area (Å²) >= 11 is 6.12. The van der Waals surface area contributed by atoms with Gasteiger partial charge in [-0.25, -0.2) is 0 Å². The van der Waals surface area contributed by atoms with E-state index in [9.17, 15) is 4.79 Å². The molecule has 0 bridgehead atoms. The van der Waals surface area contributed by atoms with Crippen molar-refractivity contribution < 1.29 is 4.79 Å². The molecule has 1 aliphatic carbocycles. The third kappa shape index (κ3) is 2.93. The number of anilines is 1. The maximum Gasteiger partial charge on any atom is 0.230 e. The first-order chi connectivity index (χ1) is 9.04. The van der Waals surface area contributed by atoms with Gasteiger partial charge in [-0.15, -0.1) is 0 Å². The number of carbonyl (C=O) groups excluding carboxylic acids is 1. The molecule has 1 saturated carbocycles. The summed E-state index contributed by atoms with van der Waals surface area (Å²) in [5, 5.41) is 0.693. The van der Waals surface area contributed by atoms with E-state index in [1.807, 2.05) is 32.2 Å². The minimum Gasteiger partial charge on any atom is -0.330 e. The van der Waals surface area contributed by atoms with Crippen molar-refractivity contribution in [3.05, 3.63) is 28.8 Å². The van der Waals surface area contributed by atoms with E-state index in [0.29, 0.717) is 17.5 Å². The Labute approximate surface area is 119 Å². The predicted octanol–water partition coefficient (Wildman–Crippen LogP) is 2.99. The quantitative estimate of drug-likeness (QED) is 0.925. The van der Waals surface area contributed by atoms with Crippen LogP contribution in [0.4, 0.5) is 5.69 Å². The third-order valence-electron chi connectivity index (χ3n) is 4.15. The van der Waals surface area contributed by atoms with Gasteiger partial charge in [-0.1, -0.05) is 24.1 Å². The molecule has 1 aromatic rings. The van der Waals surface area contributed by atoms with Gasteiger partial charge < -0.3 is 10.6 Å². The lowest BCUT2D eigenvalue weighted by molar-refractivity contribution is -0.123. The zero-order valence-corrected chi connectivity index (χ0v) is 12.3. The lowest BCUT2D eigenvalue weighted by atomic mass is 9.94. The second-order valence-corrected chi connectivity index (χ2v) is 5.77. The van der Waals surface area contributed by atoms with Crippen molar-refractivity contribution in [2.45, 2.75) is 26.2 Å². The fraction of sp³-hybridized carbons (Fsp3) is 0.533. The highest BCUT2D eigenvalue weighted by Crippen LogP contribution is 2.33. The monoisotopic (exact) mass is 280 g/mol. The Balaban J connectivity index is 2.16. The molecule has 0 radical (unpaired) electrons. The predicted molar refractivity (Wildman–Crippen MR) is 79.5 cm³/mol. The third-order valence-corrected chi connectivity index (χ3v) is 4.56. The highest BCUT2D eigenvalue weighted by molar-refractivity contribution is 6.31. The molecule has 1 aliphatic rings. The van der Waals surface area contributed by atoms with Gasteiger partial charge in [-0.05, 0) is 49.9 Å². The Hall–Kier alpha value is -1.06. The fourth-order valence-electron chi connectivity index (χ4n) is 2.81. The second-order valence-electron chi connectivity index (χ2n) is 5.36. The van der Waals surface area contributed by atoms with Crippen LogP contribution in [0.25, 0.3) is 0 Å². The van der Waals surface area contributed by atoms with Gasteiger partial charge >= 0.3 is 0 Å². The summed E-state index contributed by atoms with van der Waals surface area (Å²) in [6.45, 7) is 2.55. The van der Waals surface area contributed by atoms with Crippen LogP contribution in [0.3, 0.4) is 0 Å². The number of aryl methyl sites for hydroxylation is 1. The van der Waals surface area contributed by atoms with Crippen LogP contribution in [-0.4, -0.2) is 19.5 Å². The molecule has 2 atom stereocenters. The van der Waals surface area contributed by atoms with E-state index in [1.54, 1.807) is 4.90 Å². The Kier molecular flexibility index (Phi) is 4.48. The fourth-order valence-corrected chi connectivity index (χ4v) is 2.99. The standard InChI is InChI=1S/C15H21ClN2O/c1-10-6-7-12(8-14(10)16)18(2)15(19)13-5-3-4-11(13)9-17/h6-8,11,13H,3-5,9,17H2,1-2H3/t11-,13-/m1/s1. The van der Waals surface area contributed by atoms with Gasteiger partial charge in [0.05, 0.1) is 0 Å². The van der Waals surface area contributed by atoms with Crippen molar-refractivity contribution in [2.75, 3.05) is 18.5 Å². The van der Waals surface area contributed by atoms with Crippen molar-refractivity contribution in [1.82, 2.24) is 0 Å². The molecule has 1 fully saturated rings. The summed E-state index contributed by atoms with van der Waals surface area (Å²) in [4.78, 5) is 14.3. The SMILES string of the molecule is Cc1ccc(N(C)C(=O)[C@@H]2CCC[C@@H]2CN)cc1Cl. The maximum absolute atomic E-state index is 12.5. The summed E-state index contributed by atoms with van der Waals surface area (Å²) in [5.41, 5.74) is 7.62. The number of nitrogens with two attached hydrogens (primary N) is 1. The zero-order valence-electron chi connectivity index (χ0n) is 11.5. The van der Waals surface area contributed by atoms with Crippen molar-refractivity contribution >= 4 is 23.2 Å². The topological polar surface area (TPSA) is 46.3 Å². The van der Waals surface area contributed by atoms with E-state index in [-0.39, 0.29) is 11.8 Å². The molecule has 1 aromatic carbocycles. The molecule has 19 heavy (non-hydrogen) atoms. The first kappa shape index (κ1) is 14.4. The first-order valence-electron chi connectivity index (χ1n) is 6.78. The van der Waals surface area contributed by atoms with Gasteiger partial charge in [-0.3, -0.25) is 4.79 Å². The molecule has 0 heterocycles. The van der Waals surface area contributed by atoms with Gasteiger partial charge in [0.2, 0.25) is 5.91 Å². The highest BCUT2D eigenvalue weighted by atomic mass is 35.5. The molecular weight excluding hydrogens is 260 g/mol. The Morgan fingerprint density at radius 1 is 1.47 bits per heavy atom. The highest BCUT2D eigenvalue weighted by Gasteiger charge is 2.34. The Morgan fingerprint density at radius 2 is 2.21 bits per heavy atom. The van der Waals surface area contributed by atoms with Crippen LogP contribution in [0.1, 0.15) is 24.8 Å². The molecule has 0 saturated heterocycles. The summed E-state index contributed by atoms with van der Waals surface area (Å²) in [7, 11) is 1.81. The molecule has 0 unspecified atom stereocenters. The smallest absolute Gasteiger partial charge is 0.230 e. The lowest BCUT2D eigenvalue weighted by Gasteiger charge is -2.25. The van der Waals surface area contributed by atoms with Gasteiger partial charge in [0, 0.05) is 23.7 Å². The number of nitrogens with zero attached hydrogens (tertiary/aromatic N) is 1. The molecule has 2 rings (SSSR count). The van der Waals surface area contributed by atoms with E-state index in [4.69, 9.17) is 17.3 Å². The maximum atomic E-state index is 12.5. The van der Waals surface area contributed by atoms with E-state index in [1.165, 1.54) is 0 Å². The molecule has 0 aliphatic heterocycles. The normalized spacial score (nSPS) is 22.5. The van der Waals surface area contributed by atoms with Crippen LogP contribution in [0.5, 0.6) is 0 Å². The molecule has 0 aromatic heterocycles. The van der Waals surface area contributed by atoms with Crippen molar-refractivity contribution in [1.29, 1.82) is 0 Å². The molecule has 104 valence electrons. The van der Waals surface area contributed by atoms with Gasteiger partial charge in [0.1, 0.15) is 0 Å². The Morgan fingerprint density at radius 3 is 2.84 bits per heavy atom. The number of hydrogen-bond acceptors (Lipinski definition) is 2. The average Bonchev–Trinajstić information content (AvgIpc) is 2.88. The molecule has 2 N–H and O–H groups in total. The van der Waals surface area contributed by atoms with Gasteiger partial charge in [0.25, 0.3) is 0 Å². The number of amides is 1. The van der Waals surface area contributed by atoms with Crippen molar-refractivity contribution in [2.24, 2.45) is 17.6 Å². The van der Waals surface area contributed by atoms with Crippen LogP contribution in [0.15, 0.2) is 18.2 Å². The lowest BCUT2D eigenvalue weighted by Crippen LogP contribution is -2.36. The molecule has 3 nitrogen and oxygen atoms in total. The number of halogens is 1. The minimum atomic E-state index is 0.0649. The number of rotatable bonds is 3. The van der Waals surface area contributed by atoms with Crippen LogP contribution in [0.2, 0.25) is 5.02 Å². The average molecular weight is 281 g/mol. The van der Waals surface area contributed by atoms with Gasteiger partial charge in [0.15, 0.2) is 0 Å². The van der Waals surface area contributed by atoms with E-state index in [2.05, 4.69) is 0 Å². The van der Waals surface area contributed by atoms with Crippen molar-refractivity contribution in [3.63, 3.8) is 0 Å². The molecule has 4 heteroatoms. The van der Waals surface area contributed by atoms with E-state index < -0.39 is 0 Å². The zero-order chi connectivity index (χ0) is 14.0. The van der Waals surface area contributed by atoms with Crippen LogP contribution >= 0.6 is 11.6 Å². The summed E-state index contributed by atoms with van der Waals surface area (Å²) in [6, 6.07) is 5.73. The summed E-state index contributed by atoms with van der Waals surface area (Å²) < 4.78 is 0. The molecular formula is C15H21ClN2O. The second kappa shape index (κ2) is 5.93. The van der Waals surface area contributed by atoms with Crippen LogP contribution < -0.4 is 10.6 Å². The van der Waals surface area contributed by atoms with Gasteiger partial charge in [-0.2, -0.15) is 0 Å². The number of carbonyl (C=O) groups is 1. The van der Waals surface area contributed by atoms with E-state index in [0.717, 1.165) is 30.5 Å². The largest absolute Gasteiger partial charge is 0.330 e. The molecule has 1 amide bonds. The van der Waals surface area contributed by atoms with Crippen LogP contribution in [0, 0.1) is 18.8 Å². The molecule has 0 spiro atoms. The Bertz CT molecular complexity index is 475. The van der Waals surface area contributed by atoms with Crippen LogP contribution in [-0.2, 0) is 4.79 Å². The first-order valence-corrected chi connectivity index (χ1v) is 7.16. The van der Waals surface area contributed by atoms with E-state index >= 15 is 0 Å². The number of benzene rings is 1. The number of hydrogen-bond donors (Lipinski definition) is 1.